The van der Waals surface area contributed by atoms with Crippen molar-refractivity contribution in [1.82, 2.24) is 10.6 Å². The largest absolute Gasteiger partial charge is 0.351 e. The quantitative estimate of drug-likeness (QED) is 0.837. The first-order valence-corrected chi connectivity index (χ1v) is 5.62. The maximum Gasteiger partial charge on any atom is 0.237 e. The Bertz CT molecular complexity index is 417. The van der Waals surface area contributed by atoms with Crippen molar-refractivity contribution in [2.45, 2.75) is 25.4 Å². The highest BCUT2D eigenvalue weighted by molar-refractivity contribution is 5.81. The van der Waals surface area contributed by atoms with Crippen molar-refractivity contribution in [3.8, 4) is 0 Å². The SMILES string of the molecule is O=C(NCc1ccc(F)c(F)c1)C1CCCN1. The van der Waals surface area contributed by atoms with Crippen LogP contribution < -0.4 is 10.6 Å². The van der Waals surface area contributed by atoms with E-state index in [0.29, 0.717) is 5.56 Å². The van der Waals surface area contributed by atoms with E-state index in [1.54, 1.807) is 0 Å². The summed E-state index contributed by atoms with van der Waals surface area (Å²) in [5.74, 6) is -1.86. The van der Waals surface area contributed by atoms with Gasteiger partial charge in [0.2, 0.25) is 5.91 Å². The van der Waals surface area contributed by atoms with E-state index < -0.39 is 11.6 Å². The van der Waals surface area contributed by atoms with E-state index in [9.17, 15) is 13.6 Å². The van der Waals surface area contributed by atoms with Gasteiger partial charge < -0.3 is 10.6 Å². The fourth-order valence-electron chi connectivity index (χ4n) is 1.87. The second-order valence-electron chi connectivity index (χ2n) is 4.12. The van der Waals surface area contributed by atoms with Gasteiger partial charge in [-0.1, -0.05) is 6.07 Å². The van der Waals surface area contributed by atoms with Crippen LogP contribution in [0.3, 0.4) is 0 Å². The first-order chi connectivity index (χ1) is 8.16. The Hall–Kier alpha value is -1.49. The molecule has 1 aliphatic rings. The summed E-state index contributed by atoms with van der Waals surface area (Å²) >= 11 is 0. The lowest BCUT2D eigenvalue weighted by molar-refractivity contribution is -0.122. The Morgan fingerprint density at radius 3 is 2.88 bits per heavy atom. The zero-order valence-corrected chi connectivity index (χ0v) is 9.30. The minimum atomic E-state index is -0.893. The Morgan fingerprint density at radius 1 is 1.41 bits per heavy atom. The highest BCUT2D eigenvalue weighted by Crippen LogP contribution is 2.09. The van der Waals surface area contributed by atoms with Crippen LogP contribution in [0.4, 0.5) is 8.78 Å². The summed E-state index contributed by atoms with van der Waals surface area (Å²) in [5, 5.41) is 5.76. The third-order valence-corrected chi connectivity index (χ3v) is 2.83. The van der Waals surface area contributed by atoms with Crippen molar-refractivity contribution < 1.29 is 13.6 Å². The molecule has 0 aromatic heterocycles. The zero-order chi connectivity index (χ0) is 12.3. The molecule has 0 radical (unpaired) electrons. The number of hydrogen-bond acceptors (Lipinski definition) is 2. The van der Waals surface area contributed by atoms with Gasteiger partial charge in [0.15, 0.2) is 11.6 Å². The van der Waals surface area contributed by atoms with Crippen LogP contribution in [0.1, 0.15) is 18.4 Å². The molecule has 92 valence electrons. The predicted octanol–water partition coefficient (Wildman–Crippen LogP) is 1.33. The molecule has 1 fully saturated rings. The van der Waals surface area contributed by atoms with Crippen molar-refractivity contribution in [1.29, 1.82) is 0 Å². The van der Waals surface area contributed by atoms with E-state index in [1.165, 1.54) is 6.07 Å². The second kappa shape index (κ2) is 5.23. The zero-order valence-electron chi connectivity index (χ0n) is 9.30. The molecular weight excluding hydrogens is 226 g/mol. The Morgan fingerprint density at radius 2 is 2.24 bits per heavy atom. The average Bonchev–Trinajstić information content (AvgIpc) is 2.84. The minimum absolute atomic E-state index is 0.0905. The number of hydrogen-bond donors (Lipinski definition) is 2. The summed E-state index contributed by atoms with van der Waals surface area (Å²) < 4.78 is 25.6. The van der Waals surface area contributed by atoms with Gasteiger partial charge in [0.1, 0.15) is 0 Å². The summed E-state index contributed by atoms with van der Waals surface area (Å²) in [4.78, 5) is 11.6. The summed E-state index contributed by atoms with van der Waals surface area (Å²) in [6.07, 6.45) is 1.81. The van der Waals surface area contributed by atoms with Gasteiger partial charge in [-0.3, -0.25) is 4.79 Å². The number of carbonyl (C=O) groups is 1. The number of carbonyl (C=O) groups excluding carboxylic acids is 1. The molecule has 2 N–H and O–H groups in total. The van der Waals surface area contributed by atoms with Crippen LogP contribution in [0.2, 0.25) is 0 Å². The summed E-state index contributed by atoms with van der Waals surface area (Å²) in [7, 11) is 0. The fourth-order valence-corrected chi connectivity index (χ4v) is 1.87. The van der Waals surface area contributed by atoms with Gasteiger partial charge in [-0.2, -0.15) is 0 Å². The molecule has 1 aromatic rings. The van der Waals surface area contributed by atoms with E-state index in [4.69, 9.17) is 0 Å². The molecule has 5 heteroatoms. The second-order valence-corrected chi connectivity index (χ2v) is 4.12. The van der Waals surface area contributed by atoms with E-state index in [-0.39, 0.29) is 18.5 Å². The van der Waals surface area contributed by atoms with E-state index >= 15 is 0 Å². The maximum atomic E-state index is 12.9. The molecule has 1 atom stereocenters. The highest BCUT2D eigenvalue weighted by Gasteiger charge is 2.21. The van der Waals surface area contributed by atoms with E-state index in [2.05, 4.69) is 10.6 Å². The van der Waals surface area contributed by atoms with Crippen LogP contribution in [0, 0.1) is 11.6 Å². The van der Waals surface area contributed by atoms with Crippen LogP contribution in [0.5, 0.6) is 0 Å². The fraction of sp³-hybridized carbons (Fsp3) is 0.417. The van der Waals surface area contributed by atoms with Gasteiger partial charge in [0.05, 0.1) is 6.04 Å². The first-order valence-electron chi connectivity index (χ1n) is 5.62. The molecule has 3 nitrogen and oxygen atoms in total. The Labute approximate surface area is 98.2 Å². The van der Waals surface area contributed by atoms with Gasteiger partial charge in [0, 0.05) is 6.54 Å². The molecule has 1 aliphatic heterocycles. The molecule has 1 amide bonds. The third kappa shape index (κ3) is 3.00. The molecular formula is C12H14F2N2O. The Balaban J connectivity index is 1.88. The topological polar surface area (TPSA) is 41.1 Å². The molecule has 2 rings (SSSR count). The number of benzene rings is 1. The molecule has 17 heavy (non-hydrogen) atoms. The number of nitrogens with one attached hydrogen (secondary N) is 2. The lowest BCUT2D eigenvalue weighted by Crippen LogP contribution is -2.40. The normalized spacial score (nSPS) is 19.3. The summed E-state index contributed by atoms with van der Waals surface area (Å²) in [5.41, 5.74) is 0.551. The molecule has 0 bridgehead atoms. The highest BCUT2D eigenvalue weighted by atomic mass is 19.2. The van der Waals surface area contributed by atoms with Crippen LogP contribution >= 0.6 is 0 Å². The average molecular weight is 240 g/mol. The molecule has 0 saturated carbocycles. The molecule has 1 unspecified atom stereocenters. The molecule has 1 saturated heterocycles. The van der Waals surface area contributed by atoms with Gasteiger partial charge in [-0.15, -0.1) is 0 Å². The van der Waals surface area contributed by atoms with Crippen LogP contribution in [0.15, 0.2) is 18.2 Å². The van der Waals surface area contributed by atoms with Crippen LogP contribution in [-0.2, 0) is 11.3 Å². The van der Waals surface area contributed by atoms with Crippen LogP contribution in [-0.4, -0.2) is 18.5 Å². The van der Waals surface area contributed by atoms with Crippen molar-refractivity contribution in [2.75, 3.05) is 6.54 Å². The lowest BCUT2D eigenvalue weighted by atomic mass is 10.2. The Kier molecular flexibility index (Phi) is 3.68. The number of amides is 1. The number of rotatable bonds is 3. The lowest BCUT2D eigenvalue weighted by Gasteiger charge is -2.11. The van der Waals surface area contributed by atoms with E-state index in [1.807, 2.05) is 0 Å². The van der Waals surface area contributed by atoms with Crippen molar-refractivity contribution in [3.05, 3.63) is 35.4 Å². The summed E-state index contributed by atoms with van der Waals surface area (Å²) in [6.45, 7) is 1.07. The third-order valence-electron chi connectivity index (χ3n) is 2.83. The molecule has 1 aromatic carbocycles. The van der Waals surface area contributed by atoms with Gasteiger partial charge >= 0.3 is 0 Å². The van der Waals surface area contributed by atoms with Crippen LogP contribution in [0.25, 0.3) is 0 Å². The van der Waals surface area contributed by atoms with Gasteiger partial charge in [-0.25, -0.2) is 8.78 Å². The van der Waals surface area contributed by atoms with Gasteiger partial charge in [0.25, 0.3) is 0 Å². The predicted molar refractivity (Wildman–Crippen MR) is 59.2 cm³/mol. The summed E-state index contributed by atoms with van der Waals surface area (Å²) in [6, 6.07) is 3.46. The first kappa shape index (κ1) is 12.0. The molecule has 0 aliphatic carbocycles. The van der Waals surface area contributed by atoms with Crippen molar-refractivity contribution in [2.24, 2.45) is 0 Å². The molecule has 0 spiro atoms. The van der Waals surface area contributed by atoms with Crippen molar-refractivity contribution >= 4 is 5.91 Å². The van der Waals surface area contributed by atoms with E-state index in [0.717, 1.165) is 31.5 Å². The smallest absolute Gasteiger partial charge is 0.237 e. The number of halogens is 2. The maximum absolute atomic E-state index is 12.9. The standard InChI is InChI=1S/C12H14F2N2O/c13-9-4-3-8(6-10(9)14)7-16-12(17)11-2-1-5-15-11/h3-4,6,11,15H,1-2,5,7H2,(H,16,17). The minimum Gasteiger partial charge on any atom is -0.351 e. The van der Waals surface area contributed by atoms with Crippen molar-refractivity contribution in [3.63, 3.8) is 0 Å². The monoisotopic (exact) mass is 240 g/mol. The van der Waals surface area contributed by atoms with Gasteiger partial charge in [-0.05, 0) is 37.1 Å². The molecule has 1 heterocycles.